The number of pyridine rings is 1. The lowest BCUT2D eigenvalue weighted by molar-refractivity contribution is 0.592. The number of rotatable bonds is 5. The van der Waals surface area contributed by atoms with Crippen LogP contribution in [0.2, 0.25) is 0 Å². The number of para-hydroxylation sites is 2. The number of hydrogen-bond acceptors (Lipinski definition) is 2. The van der Waals surface area contributed by atoms with Gasteiger partial charge in [-0.15, -0.1) is 0 Å². The summed E-state index contributed by atoms with van der Waals surface area (Å²) < 4.78 is 17.1. The molecule has 45 heavy (non-hydrogen) atoms. The van der Waals surface area contributed by atoms with E-state index in [-0.39, 0.29) is 0 Å². The molecular weight excluding hydrogens is 567 g/mol. The molecule has 214 valence electrons. The number of imidazole rings is 1. The fourth-order valence-electron chi connectivity index (χ4n) is 6.52. The van der Waals surface area contributed by atoms with Crippen LogP contribution in [0, 0.1) is 0 Å². The van der Waals surface area contributed by atoms with Gasteiger partial charge in [-0.05, 0) is 57.4 Å². The molecule has 0 fully saturated rings. The van der Waals surface area contributed by atoms with E-state index in [9.17, 15) is 4.57 Å². The molecule has 8 aromatic rings. The molecule has 2 aromatic heterocycles. The van der Waals surface area contributed by atoms with Gasteiger partial charge < -0.3 is 4.57 Å². The molecule has 2 heterocycles. The molecule has 0 amide bonds. The second-order valence-electron chi connectivity index (χ2n) is 11.3. The van der Waals surface area contributed by atoms with Gasteiger partial charge in [0.2, 0.25) is 0 Å². The highest BCUT2D eigenvalue weighted by atomic mass is 31.2. The van der Waals surface area contributed by atoms with Gasteiger partial charge in [0.25, 0.3) is 0 Å². The maximum Gasteiger partial charge on any atom is 0.171 e. The van der Waals surface area contributed by atoms with Crippen molar-refractivity contribution in [3.63, 3.8) is 0 Å². The van der Waals surface area contributed by atoms with Crippen LogP contribution in [0.4, 0.5) is 0 Å². The highest BCUT2D eigenvalue weighted by molar-refractivity contribution is 7.85. The molecule has 0 unspecified atom stereocenters. The number of allylic oxidation sites excluding steroid dienone is 1. The molecule has 0 radical (unpaired) electrons. The molecule has 0 aliphatic carbocycles. The number of hydrogen-bond donors (Lipinski definition) is 0. The van der Waals surface area contributed by atoms with Crippen LogP contribution in [0.1, 0.15) is 0 Å². The van der Waals surface area contributed by atoms with Crippen molar-refractivity contribution >= 4 is 74.1 Å². The first kappa shape index (κ1) is 27.1. The highest BCUT2D eigenvalue weighted by Crippen LogP contribution is 2.43. The number of aromatic nitrogens is 2. The zero-order valence-electron chi connectivity index (χ0n) is 24.6. The summed E-state index contributed by atoms with van der Waals surface area (Å²) in [6, 6.07) is 47.1. The lowest BCUT2D eigenvalue weighted by Gasteiger charge is -2.20. The Hall–Kier alpha value is -5.50. The average Bonchev–Trinajstić information content (AvgIpc) is 3.50. The van der Waals surface area contributed by atoms with E-state index in [2.05, 4.69) is 72.2 Å². The van der Waals surface area contributed by atoms with Crippen LogP contribution in [0.25, 0.3) is 62.1 Å². The van der Waals surface area contributed by atoms with Crippen LogP contribution < -0.4 is 26.4 Å². The van der Waals surface area contributed by atoms with E-state index >= 15 is 0 Å². The third-order valence-electron chi connectivity index (χ3n) is 8.73. The minimum atomic E-state index is -3.05. The summed E-state index contributed by atoms with van der Waals surface area (Å²) in [5, 5.41) is 7.66. The summed E-state index contributed by atoms with van der Waals surface area (Å²) in [5.74, 6) is 0. The lowest BCUT2D eigenvalue weighted by atomic mass is 9.99. The van der Waals surface area contributed by atoms with Gasteiger partial charge in [0, 0.05) is 26.5 Å². The SMILES string of the molecule is C=C/C=c1\c(=C)c2nc3ccccc3n2c2cc(-c3ccc4cc(P(=O)(c5ccccc5)c5ccccc5)ccc4c3)ccc12. The van der Waals surface area contributed by atoms with Crippen molar-refractivity contribution in [2.24, 2.45) is 0 Å². The Morgan fingerprint density at radius 2 is 1.24 bits per heavy atom. The second kappa shape index (κ2) is 10.6. The van der Waals surface area contributed by atoms with E-state index < -0.39 is 7.14 Å². The predicted octanol–water partition coefficient (Wildman–Crippen LogP) is 7.48. The Morgan fingerprint density at radius 3 is 1.98 bits per heavy atom. The molecule has 3 nitrogen and oxygen atoms in total. The molecule has 6 aromatic carbocycles. The normalized spacial score (nSPS) is 12.4. The Kier molecular flexibility index (Phi) is 6.37. The van der Waals surface area contributed by atoms with Crippen molar-refractivity contribution in [3.05, 3.63) is 163 Å². The first-order chi connectivity index (χ1) is 22.1. The second-order valence-corrected chi connectivity index (χ2v) is 14.1. The van der Waals surface area contributed by atoms with Crippen molar-refractivity contribution in [2.45, 2.75) is 0 Å². The molecule has 8 rings (SSSR count). The van der Waals surface area contributed by atoms with Crippen LogP contribution in [0.15, 0.2) is 152 Å². The fourth-order valence-corrected chi connectivity index (χ4v) is 9.20. The van der Waals surface area contributed by atoms with Gasteiger partial charge in [0.15, 0.2) is 7.14 Å². The van der Waals surface area contributed by atoms with Crippen LogP contribution >= 0.6 is 7.14 Å². The third-order valence-corrected chi connectivity index (χ3v) is 11.8. The van der Waals surface area contributed by atoms with Gasteiger partial charge in [0.1, 0.15) is 5.65 Å². The monoisotopic (exact) mass is 596 g/mol. The molecule has 0 saturated heterocycles. The molecule has 0 aliphatic heterocycles. The van der Waals surface area contributed by atoms with Crippen molar-refractivity contribution in [3.8, 4) is 11.1 Å². The van der Waals surface area contributed by atoms with Gasteiger partial charge >= 0.3 is 0 Å². The topological polar surface area (TPSA) is 34.4 Å². The van der Waals surface area contributed by atoms with Crippen molar-refractivity contribution in [1.29, 1.82) is 0 Å². The minimum absolute atomic E-state index is 0.829. The van der Waals surface area contributed by atoms with Crippen LogP contribution in [-0.4, -0.2) is 9.38 Å². The summed E-state index contributed by atoms with van der Waals surface area (Å²) in [7, 11) is -3.05. The van der Waals surface area contributed by atoms with E-state index in [1.807, 2.05) is 97.1 Å². The smallest absolute Gasteiger partial charge is 0.171 e. The molecule has 0 atom stereocenters. The first-order valence-corrected chi connectivity index (χ1v) is 16.7. The lowest BCUT2D eigenvalue weighted by Crippen LogP contribution is -2.27. The zero-order valence-corrected chi connectivity index (χ0v) is 25.5. The number of fused-ring (bicyclic) bond motifs is 6. The van der Waals surface area contributed by atoms with Gasteiger partial charge in [-0.25, -0.2) is 4.98 Å². The van der Waals surface area contributed by atoms with E-state index in [4.69, 9.17) is 4.98 Å². The van der Waals surface area contributed by atoms with E-state index in [0.29, 0.717) is 0 Å². The van der Waals surface area contributed by atoms with Gasteiger partial charge in [-0.1, -0.05) is 135 Å². The quantitative estimate of drug-likeness (QED) is 0.193. The summed E-state index contributed by atoms with van der Waals surface area (Å²) in [6.07, 6.45) is 3.82. The van der Waals surface area contributed by atoms with Crippen LogP contribution in [-0.2, 0) is 4.57 Å². The predicted molar refractivity (Wildman–Crippen MR) is 192 cm³/mol. The Labute approximate surface area is 261 Å². The van der Waals surface area contributed by atoms with Crippen LogP contribution in [0.5, 0.6) is 0 Å². The summed E-state index contributed by atoms with van der Waals surface area (Å²) in [5.41, 5.74) is 6.12. The molecule has 4 heteroatoms. The fraction of sp³-hybridized carbons (Fsp3) is 0. The van der Waals surface area contributed by atoms with Crippen LogP contribution in [0.3, 0.4) is 0 Å². The zero-order chi connectivity index (χ0) is 30.5. The molecule has 0 N–H and O–H groups in total. The molecule has 0 bridgehead atoms. The first-order valence-electron chi connectivity index (χ1n) is 15.0. The van der Waals surface area contributed by atoms with E-state index in [0.717, 1.165) is 75.8 Å². The van der Waals surface area contributed by atoms with Gasteiger partial charge in [-0.3, -0.25) is 4.40 Å². The summed E-state index contributed by atoms with van der Waals surface area (Å²) in [6.45, 7) is 8.36. The molecule has 0 aliphatic rings. The maximum absolute atomic E-state index is 14.9. The standard InChI is InChI=1S/C41H29N2OP/c1-3-12-36-28(2)41-42-38-17-10-11-18-39(38)43(41)40-27-32(22-24-37(36)40)29-19-20-31-26-35(23-21-30(31)25-29)45(44,33-13-6-4-7-14-33)34-15-8-5-9-16-34/h3-27H,1-2H2/b36-12+. The largest absolute Gasteiger partial charge is 0.309 e. The Bertz CT molecular complexity index is 2560. The van der Waals surface area contributed by atoms with E-state index in [1.54, 1.807) is 0 Å². The summed E-state index contributed by atoms with van der Waals surface area (Å²) >= 11 is 0. The molecule has 0 spiro atoms. The highest BCUT2D eigenvalue weighted by Gasteiger charge is 2.29. The van der Waals surface area contributed by atoms with Gasteiger partial charge in [-0.2, -0.15) is 0 Å². The third kappa shape index (κ3) is 4.28. The molecule has 0 saturated carbocycles. The number of benzene rings is 6. The Morgan fingerprint density at radius 1 is 0.622 bits per heavy atom. The van der Waals surface area contributed by atoms with Crippen molar-refractivity contribution in [1.82, 2.24) is 9.38 Å². The average molecular weight is 597 g/mol. The van der Waals surface area contributed by atoms with E-state index in [1.165, 1.54) is 0 Å². The maximum atomic E-state index is 14.9. The minimum Gasteiger partial charge on any atom is -0.309 e. The van der Waals surface area contributed by atoms with Crippen molar-refractivity contribution in [2.75, 3.05) is 0 Å². The van der Waals surface area contributed by atoms with Crippen molar-refractivity contribution < 1.29 is 4.57 Å². The Balaban J connectivity index is 1.30. The number of nitrogens with zero attached hydrogens (tertiary/aromatic N) is 2. The molecular formula is C41H29N2OP. The van der Waals surface area contributed by atoms with Gasteiger partial charge in [0.05, 0.1) is 16.6 Å². The summed E-state index contributed by atoms with van der Waals surface area (Å²) in [4.78, 5) is 4.95.